The average Bonchev–Trinajstić information content (AvgIpc) is 2.97. The van der Waals surface area contributed by atoms with Crippen molar-refractivity contribution in [3.05, 3.63) is 0 Å². The third-order valence-electron chi connectivity index (χ3n) is 8.28. The summed E-state index contributed by atoms with van der Waals surface area (Å²) < 4.78 is 23.8. The first-order valence-corrected chi connectivity index (χ1v) is 14.7. The molecule has 2 saturated heterocycles. The fraction of sp³-hybridized carbons (Fsp3) is 0.923. The molecule has 0 aromatic carbocycles. The number of aliphatic hydroxyl groups excluding tert-OH is 6. The molecule has 2 heterocycles. The van der Waals surface area contributed by atoms with Crippen LogP contribution in [0.2, 0.25) is 0 Å². The van der Waals surface area contributed by atoms with Gasteiger partial charge >= 0.3 is 0 Å². The number of aliphatic imine (C=N–C) groups is 2. The summed E-state index contributed by atoms with van der Waals surface area (Å²) in [6.07, 6.45) is -11.3. The Morgan fingerprint density at radius 3 is 2.30 bits per heavy atom. The topological polar surface area (TPSA) is 319 Å². The number of hydrogen-bond donors (Lipinski definition) is 12. The first kappa shape index (κ1) is 36.8. The molecule has 44 heavy (non-hydrogen) atoms. The quantitative estimate of drug-likeness (QED) is 0.0699. The number of nitrogens with one attached hydrogen (secondary N) is 1. The van der Waals surface area contributed by atoms with Crippen molar-refractivity contribution < 1.29 is 54.7 Å². The molecule has 18 heteroatoms. The second-order valence-electron chi connectivity index (χ2n) is 12.0. The van der Waals surface area contributed by atoms with Crippen LogP contribution in [0.1, 0.15) is 33.1 Å². The Morgan fingerprint density at radius 2 is 1.68 bits per heavy atom. The number of rotatable bonds is 12. The molecule has 0 radical (unpaired) electrons. The summed E-state index contributed by atoms with van der Waals surface area (Å²) >= 11 is 0. The first-order chi connectivity index (χ1) is 20.6. The van der Waals surface area contributed by atoms with Crippen LogP contribution in [0.4, 0.5) is 0 Å². The number of likely N-dealkylation sites (N-methyl/N-ethyl adjacent to an activating group) is 1. The molecule has 0 bridgehead atoms. The normalized spacial score (nSPS) is 43.0. The summed E-state index contributed by atoms with van der Waals surface area (Å²) in [7, 11) is 1.55. The van der Waals surface area contributed by atoms with Crippen LogP contribution in [-0.2, 0) is 18.9 Å². The molecule has 15 unspecified atom stereocenters. The van der Waals surface area contributed by atoms with E-state index in [0.717, 1.165) is 0 Å². The maximum atomic E-state index is 11.6. The van der Waals surface area contributed by atoms with Crippen molar-refractivity contribution in [3.8, 4) is 0 Å². The fourth-order valence-electron chi connectivity index (χ4n) is 5.61. The van der Waals surface area contributed by atoms with E-state index >= 15 is 0 Å². The van der Waals surface area contributed by atoms with Crippen molar-refractivity contribution in [1.82, 2.24) is 5.32 Å². The molecule has 15 atom stereocenters. The smallest absolute Gasteiger partial charge is 0.185 e. The highest BCUT2D eigenvalue weighted by Gasteiger charge is 2.51. The van der Waals surface area contributed by atoms with Crippen LogP contribution in [0.5, 0.6) is 0 Å². The Bertz CT molecular complexity index is 977. The minimum absolute atomic E-state index is 0.00831. The number of ether oxygens (including phenoxy) is 4. The van der Waals surface area contributed by atoms with Crippen LogP contribution in [-0.4, -0.2) is 165 Å². The summed E-state index contributed by atoms with van der Waals surface area (Å²) in [6.45, 7) is 2.13. The summed E-state index contributed by atoms with van der Waals surface area (Å²) in [5.41, 5.74) is 22.9. The van der Waals surface area contributed by atoms with Gasteiger partial charge in [0.15, 0.2) is 12.6 Å². The minimum atomic E-state index is -1.72. The van der Waals surface area contributed by atoms with Gasteiger partial charge in [0.25, 0.3) is 0 Å². The predicted octanol–water partition coefficient (Wildman–Crippen LogP) is -6.08. The molecule has 3 fully saturated rings. The lowest BCUT2D eigenvalue weighted by Crippen LogP contribution is -2.67. The number of amidine groups is 2. The van der Waals surface area contributed by atoms with Crippen LogP contribution in [0.15, 0.2) is 9.98 Å². The zero-order chi connectivity index (χ0) is 32.9. The van der Waals surface area contributed by atoms with E-state index in [1.807, 2.05) is 0 Å². The van der Waals surface area contributed by atoms with Gasteiger partial charge in [0.1, 0.15) is 60.0 Å². The Hall–Kier alpha value is -1.62. The van der Waals surface area contributed by atoms with Crippen molar-refractivity contribution in [2.75, 3.05) is 26.8 Å². The van der Waals surface area contributed by atoms with E-state index in [2.05, 4.69) is 15.3 Å². The Kier molecular flexibility index (Phi) is 13.2. The maximum absolute atomic E-state index is 11.6. The lowest BCUT2D eigenvalue weighted by Gasteiger charge is -2.48. The number of aliphatic hydroxyl groups is 7. The summed E-state index contributed by atoms with van der Waals surface area (Å²) in [6, 6.07) is -3.35. The molecule has 0 aromatic rings. The standard InChI is InChI=1S/C26H51N7O11/c1-10(35)22(29)32-7-11-4-5-12(27)24(42-11)43-19-13(28)6-14(33-23(30)16(37)15(36)8-34)20(17(19)38)44-25-18(39)21(31-3)26(2,40)9-41-25/h10-21,24-25,31,34-40H,4-9,27-28H2,1-3H3,(H2,29,32)(H2,30,33). The highest BCUT2D eigenvalue weighted by atomic mass is 16.7. The summed E-state index contributed by atoms with van der Waals surface area (Å²) in [5, 5.41) is 74.9. The number of nitrogens with two attached hydrogens (primary N) is 4. The molecule has 16 N–H and O–H groups in total. The van der Waals surface area contributed by atoms with Crippen LogP contribution >= 0.6 is 0 Å². The average molecular weight is 638 g/mol. The van der Waals surface area contributed by atoms with Crippen molar-refractivity contribution in [3.63, 3.8) is 0 Å². The zero-order valence-electron chi connectivity index (χ0n) is 25.3. The third kappa shape index (κ3) is 8.80. The monoisotopic (exact) mass is 637 g/mol. The van der Waals surface area contributed by atoms with Gasteiger partial charge in [-0.1, -0.05) is 0 Å². The SMILES string of the molecule is CNC1C(O)C(OC2C(N=C(N)C(O)C(O)CO)CC(N)C(OC3OC(CN=C(N)C(C)O)CCC3N)C2O)OCC1(C)O. The van der Waals surface area contributed by atoms with E-state index in [1.165, 1.54) is 13.8 Å². The zero-order valence-corrected chi connectivity index (χ0v) is 25.3. The largest absolute Gasteiger partial charge is 0.394 e. The molecule has 0 amide bonds. The van der Waals surface area contributed by atoms with Gasteiger partial charge in [-0.2, -0.15) is 0 Å². The highest BCUT2D eigenvalue weighted by Crippen LogP contribution is 2.33. The van der Waals surface area contributed by atoms with E-state index in [4.69, 9.17) is 41.9 Å². The van der Waals surface area contributed by atoms with E-state index in [0.29, 0.717) is 12.8 Å². The van der Waals surface area contributed by atoms with Crippen molar-refractivity contribution in [1.29, 1.82) is 0 Å². The van der Waals surface area contributed by atoms with Gasteiger partial charge in [0.05, 0.1) is 44.0 Å². The van der Waals surface area contributed by atoms with Gasteiger partial charge in [-0.15, -0.1) is 0 Å². The van der Waals surface area contributed by atoms with Crippen LogP contribution in [0.3, 0.4) is 0 Å². The Balaban J connectivity index is 1.84. The Morgan fingerprint density at radius 1 is 1.02 bits per heavy atom. The van der Waals surface area contributed by atoms with Crippen molar-refractivity contribution in [2.45, 2.75) is 124 Å². The molecular formula is C26H51N7O11. The van der Waals surface area contributed by atoms with Crippen molar-refractivity contribution in [2.24, 2.45) is 32.9 Å². The lowest BCUT2D eigenvalue weighted by molar-refractivity contribution is -0.306. The second-order valence-corrected chi connectivity index (χ2v) is 12.0. The molecule has 1 saturated carbocycles. The highest BCUT2D eigenvalue weighted by molar-refractivity contribution is 5.85. The molecule has 1 aliphatic carbocycles. The van der Waals surface area contributed by atoms with Gasteiger partial charge < -0.3 is 82.9 Å². The van der Waals surface area contributed by atoms with E-state index in [-0.39, 0.29) is 25.4 Å². The molecule has 3 rings (SSSR count). The van der Waals surface area contributed by atoms with E-state index < -0.39 is 104 Å². The van der Waals surface area contributed by atoms with Crippen molar-refractivity contribution >= 4 is 11.7 Å². The molecule has 3 aliphatic rings. The predicted molar refractivity (Wildman–Crippen MR) is 156 cm³/mol. The summed E-state index contributed by atoms with van der Waals surface area (Å²) in [5.74, 6) is -0.384. The molecular weight excluding hydrogens is 586 g/mol. The van der Waals surface area contributed by atoms with Gasteiger partial charge in [0.2, 0.25) is 0 Å². The number of hydrogen-bond acceptors (Lipinski definition) is 16. The fourth-order valence-corrected chi connectivity index (χ4v) is 5.61. The molecule has 0 spiro atoms. The number of nitrogens with zero attached hydrogens (tertiary/aromatic N) is 2. The molecule has 2 aliphatic heterocycles. The second kappa shape index (κ2) is 15.8. The third-order valence-corrected chi connectivity index (χ3v) is 8.28. The van der Waals surface area contributed by atoms with E-state index in [9.17, 15) is 35.7 Å². The maximum Gasteiger partial charge on any atom is 0.185 e. The van der Waals surface area contributed by atoms with E-state index in [1.54, 1.807) is 7.05 Å². The molecule has 256 valence electrons. The van der Waals surface area contributed by atoms with Crippen LogP contribution < -0.4 is 28.3 Å². The van der Waals surface area contributed by atoms with Gasteiger partial charge in [0, 0.05) is 6.04 Å². The van der Waals surface area contributed by atoms with Gasteiger partial charge in [-0.05, 0) is 40.2 Å². The van der Waals surface area contributed by atoms with Crippen LogP contribution in [0, 0.1) is 0 Å². The van der Waals surface area contributed by atoms with Gasteiger partial charge in [-0.25, -0.2) is 0 Å². The molecule has 18 nitrogen and oxygen atoms in total. The summed E-state index contributed by atoms with van der Waals surface area (Å²) in [4.78, 5) is 8.41. The van der Waals surface area contributed by atoms with Gasteiger partial charge in [-0.3, -0.25) is 9.98 Å². The van der Waals surface area contributed by atoms with Crippen LogP contribution in [0.25, 0.3) is 0 Å². The lowest BCUT2D eigenvalue weighted by atomic mass is 9.83. The molecule has 0 aromatic heterocycles. The Labute approximate surface area is 256 Å². The minimum Gasteiger partial charge on any atom is -0.394 e. The first-order valence-electron chi connectivity index (χ1n) is 14.7.